The van der Waals surface area contributed by atoms with Gasteiger partial charge in [0.25, 0.3) is 0 Å². The molecular formula is C14H11ClN2O. The number of aromatic nitrogens is 2. The van der Waals surface area contributed by atoms with E-state index in [9.17, 15) is 0 Å². The van der Waals surface area contributed by atoms with Gasteiger partial charge in [-0.15, -0.1) is 0 Å². The molecular weight excluding hydrogens is 248 g/mol. The van der Waals surface area contributed by atoms with Crippen molar-refractivity contribution in [3.05, 3.63) is 59.5 Å². The largest absolute Gasteiger partial charge is 0.486 e. The predicted octanol–water partition coefficient (Wildman–Crippen LogP) is 3.80. The van der Waals surface area contributed by atoms with Gasteiger partial charge in [-0.05, 0) is 35.7 Å². The van der Waals surface area contributed by atoms with E-state index in [4.69, 9.17) is 16.3 Å². The number of benzene rings is 1. The van der Waals surface area contributed by atoms with Crippen LogP contribution in [0.4, 0.5) is 0 Å². The number of hydrogen-bond donors (Lipinski definition) is 1. The van der Waals surface area contributed by atoms with E-state index >= 15 is 0 Å². The lowest BCUT2D eigenvalue weighted by Crippen LogP contribution is -1.95. The molecule has 0 aliphatic carbocycles. The summed E-state index contributed by atoms with van der Waals surface area (Å²) in [6.45, 7) is 0.484. The molecule has 90 valence electrons. The summed E-state index contributed by atoms with van der Waals surface area (Å²) in [4.78, 5) is 7.28. The molecule has 4 heteroatoms. The van der Waals surface area contributed by atoms with E-state index in [2.05, 4.69) is 16.0 Å². The average Bonchev–Trinajstić information content (AvgIpc) is 2.79. The number of hydrogen-bond acceptors (Lipinski definition) is 2. The van der Waals surface area contributed by atoms with Gasteiger partial charge in [0.1, 0.15) is 12.4 Å². The molecule has 0 amide bonds. The third-order valence-corrected chi connectivity index (χ3v) is 2.90. The maximum Gasteiger partial charge on any atom is 0.138 e. The van der Waals surface area contributed by atoms with E-state index < -0.39 is 0 Å². The second-order valence-corrected chi connectivity index (χ2v) is 4.44. The third-order valence-electron chi connectivity index (χ3n) is 2.67. The quantitative estimate of drug-likeness (QED) is 0.776. The molecule has 0 saturated carbocycles. The van der Waals surface area contributed by atoms with Gasteiger partial charge in [-0.1, -0.05) is 17.7 Å². The Kier molecular flexibility index (Phi) is 2.90. The minimum atomic E-state index is 0.484. The van der Waals surface area contributed by atoms with Crippen LogP contribution < -0.4 is 4.74 Å². The highest BCUT2D eigenvalue weighted by Gasteiger charge is 2.02. The molecule has 0 bridgehead atoms. The molecule has 1 N–H and O–H groups in total. The molecule has 0 aliphatic heterocycles. The van der Waals surface area contributed by atoms with Crippen LogP contribution in [-0.4, -0.2) is 9.97 Å². The number of aromatic amines is 1. The van der Waals surface area contributed by atoms with E-state index in [0.717, 1.165) is 27.4 Å². The summed E-state index contributed by atoms with van der Waals surface area (Å²) in [7, 11) is 0. The number of rotatable bonds is 3. The first-order valence-electron chi connectivity index (χ1n) is 5.61. The molecule has 0 spiro atoms. The van der Waals surface area contributed by atoms with Gasteiger partial charge in [0.2, 0.25) is 0 Å². The lowest BCUT2D eigenvalue weighted by Gasteiger charge is -2.02. The second-order valence-electron chi connectivity index (χ2n) is 4.00. The summed E-state index contributed by atoms with van der Waals surface area (Å²) in [5.74, 6) is 0.759. The van der Waals surface area contributed by atoms with Crippen LogP contribution in [0.1, 0.15) is 5.69 Å². The zero-order valence-corrected chi connectivity index (χ0v) is 10.3. The molecule has 0 radical (unpaired) electrons. The fourth-order valence-corrected chi connectivity index (χ4v) is 2.00. The molecule has 18 heavy (non-hydrogen) atoms. The molecule has 0 aliphatic rings. The minimum Gasteiger partial charge on any atom is -0.486 e. The smallest absolute Gasteiger partial charge is 0.138 e. The number of halogens is 1. The van der Waals surface area contributed by atoms with Crippen molar-refractivity contribution in [3.8, 4) is 5.75 Å². The molecule has 2 heterocycles. The number of ether oxygens (including phenoxy) is 1. The van der Waals surface area contributed by atoms with E-state index in [-0.39, 0.29) is 0 Å². The topological polar surface area (TPSA) is 37.9 Å². The second kappa shape index (κ2) is 4.70. The van der Waals surface area contributed by atoms with Crippen molar-refractivity contribution in [1.29, 1.82) is 0 Å². The van der Waals surface area contributed by atoms with Crippen molar-refractivity contribution in [2.45, 2.75) is 6.61 Å². The Bertz CT molecular complexity index is 664. The van der Waals surface area contributed by atoms with Crippen LogP contribution in [-0.2, 0) is 6.61 Å². The minimum absolute atomic E-state index is 0.484. The van der Waals surface area contributed by atoms with Crippen LogP contribution in [0.5, 0.6) is 5.75 Å². The lowest BCUT2D eigenvalue weighted by molar-refractivity contribution is 0.301. The van der Waals surface area contributed by atoms with E-state index in [0.29, 0.717) is 6.61 Å². The molecule has 3 nitrogen and oxygen atoms in total. The van der Waals surface area contributed by atoms with Gasteiger partial charge in [0, 0.05) is 16.7 Å². The maximum absolute atomic E-state index is 5.94. The fourth-order valence-electron chi connectivity index (χ4n) is 1.83. The standard InChI is InChI=1S/C14H11ClN2O/c15-11-4-3-10-6-12(17-14(10)7-11)9-18-13-2-1-5-16-8-13/h1-8,17H,9H2. The number of nitrogens with one attached hydrogen (secondary N) is 1. The lowest BCUT2D eigenvalue weighted by atomic mass is 10.2. The Balaban J connectivity index is 1.79. The van der Waals surface area contributed by atoms with Gasteiger partial charge >= 0.3 is 0 Å². The van der Waals surface area contributed by atoms with Crippen LogP contribution in [0.3, 0.4) is 0 Å². The number of fused-ring (bicyclic) bond motifs is 1. The first kappa shape index (κ1) is 11.1. The van der Waals surface area contributed by atoms with Crippen LogP contribution in [0.15, 0.2) is 48.8 Å². The van der Waals surface area contributed by atoms with Crippen LogP contribution in [0.2, 0.25) is 5.02 Å². The normalized spacial score (nSPS) is 10.7. The maximum atomic E-state index is 5.94. The summed E-state index contributed by atoms with van der Waals surface area (Å²) in [6.07, 6.45) is 3.41. The average molecular weight is 259 g/mol. The van der Waals surface area contributed by atoms with Crippen molar-refractivity contribution >= 4 is 22.5 Å². The Morgan fingerprint density at radius 2 is 2.17 bits per heavy atom. The van der Waals surface area contributed by atoms with Gasteiger partial charge in [-0.3, -0.25) is 4.98 Å². The van der Waals surface area contributed by atoms with Crippen molar-refractivity contribution in [1.82, 2.24) is 9.97 Å². The van der Waals surface area contributed by atoms with Gasteiger partial charge in [-0.25, -0.2) is 0 Å². The number of H-pyrrole nitrogens is 1. The van der Waals surface area contributed by atoms with Gasteiger partial charge in [0.05, 0.1) is 11.9 Å². The van der Waals surface area contributed by atoms with E-state index in [1.54, 1.807) is 12.4 Å². The fraction of sp³-hybridized carbons (Fsp3) is 0.0714. The molecule has 3 rings (SSSR count). The van der Waals surface area contributed by atoms with Crippen molar-refractivity contribution in [3.63, 3.8) is 0 Å². The molecule has 1 aromatic carbocycles. The SMILES string of the molecule is Clc1ccc2cc(COc3cccnc3)[nH]c2c1. The summed E-state index contributed by atoms with van der Waals surface area (Å²) >= 11 is 5.94. The molecule has 3 aromatic rings. The van der Waals surface area contributed by atoms with E-state index in [1.807, 2.05) is 30.3 Å². The van der Waals surface area contributed by atoms with Gasteiger partial charge in [0.15, 0.2) is 0 Å². The highest BCUT2D eigenvalue weighted by Crippen LogP contribution is 2.20. The first-order valence-corrected chi connectivity index (χ1v) is 5.99. The van der Waals surface area contributed by atoms with Crippen LogP contribution >= 0.6 is 11.6 Å². The Morgan fingerprint density at radius 1 is 1.22 bits per heavy atom. The first-order chi connectivity index (χ1) is 8.81. The van der Waals surface area contributed by atoms with Gasteiger partial charge in [-0.2, -0.15) is 0 Å². The molecule has 0 fully saturated rings. The monoisotopic (exact) mass is 258 g/mol. The molecule has 2 aromatic heterocycles. The summed E-state index contributed by atoms with van der Waals surface area (Å²) in [6, 6.07) is 11.6. The summed E-state index contributed by atoms with van der Waals surface area (Å²) in [5.41, 5.74) is 2.03. The zero-order chi connectivity index (χ0) is 12.4. The number of pyridine rings is 1. The predicted molar refractivity (Wildman–Crippen MR) is 71.9 cm³/mol. The summed E-state index contributed by atoms with van der Waals surface area (Å²) < 4.78 is 5.63. The van der Waals surface area contributed by atoms with Crippen molar-refractivity contribution in [2.24, 2.45) is 0 Å². The molecule has 0 unspecified atom stereocenters. The summed E-state index contributed by atoms with van der Waals surface area (Å²) in [5, 5.41) is 1.85. The van der Waals surface area contributed by atoms with Crippen LogP contribution in [0.25, 0.3) is 10.9 Å². The molecule has 0 saturated heterocycles. The van der Waals surface area contributed by atoms with E-state index in [1.165, 1.54) is 0 Å². The third kappa shape index (κ3) is 2.31. The Labute approximate surface area is 109 Å². The van der Waals surface area contributed by atoms with Crippen molar-refractivity contribution < 1.29 is 4.74 Å². The highest BCUT2D eigenvalue weighted by atomic mass is 35.5. The Morgan fingerprint density at radius 3 is 3.00 bits per heavy atom. The van der Waals surface area contributed by atoms with Crippen molar-refractivity contribution in [2.75, 3.05) is 0 Å². The Hall–Kier alpha value is -2.00. The van der Waals surface area contributed by atoms with Crippen LogP contribution in [0, 0.1) is 0 Å². The zero-order valence-electron chi connectivity index (χ0n) is 9.56. The molecule has 0 atom stereocenters. The van der Waals surface area contributed by atoms with Gasteiger partial charge < -0.3 is 9.72 Å². The number of nitrogens with zero attached hydrogens (tertiary/aromatic N) is 1. The highest BCUT2D eigenvalue weighted by molar-refractivity contribution is 6.31.